The minimum atomic E-state index is 0.0627. The van der Waals surface area contributed by atoms with E-state index >= 15 is 0 Å². The number of urea groups is 1. The van der Waals surface area contributed by atoms with Gasteiger partial charge in [0, 0.05) is 29.7 Å². The molecule has 2 heterocycles. The Labute approximate surface area is 143 Å². The van der Waals surface area contributed by atoms with Gasteiger partial charge >= 0.3 is 6.03 Å². The van der Waals surface area contributed by atoms with Crippen molar-refractivity contribution in [2.45, 2.75) is 57.9 Å². The Morgan fingerprint density at radius 2 is 2.00 bits per heavy atom. The quantitative estimate of drug-likeness (QED) is 0.856. The van der Waals surface area contributed by atoms with E-state index in [0.29, 0.717) is 12.5 Å². The van der Waals surface area contributed by atoms with Gasteiger partial charge in [-0.25, -0.2) is 4.79 Å². The Kier molecular flexibility index (Phi) is 3.99. The lowest BCUT2D eigenvalue weighted by atomic mass is 9.93. The number of fused-ring (bicyclic) bond motifs is 1. The highest BCUT2D eigenvalue weighted by molar-refractivity contribution is 5.83. The summed E-state index contributed by atoms with van der Waals surface area (Å²) in [4.78, 5) is 17.5. The van der Waals surface area contributed by atoms with Gasteiger partial charge in [0.2, 0.25) is 0 Å². The Morgan fingerprint density at radius 1 is 1.25 bits per heavy atom. The van der Waals surface area contributed by atoms with Crippen LogP contribution in [0.2, 0.25) is 0 Å². The van der Waals surface area contributed by atoms with E-state index in [1.54, 1.807) is 0 Å². The number of nitrogens with zero attached hydrogens (tertiary/aromatic N) is 1. The van der Waals surface area contributed by atoms with Gasteiger partial charge in [0.1, 0.15) is 0 Å². The molecule has 4 nitrogen and oxygen atoms in total. The molecule has 2 aliphatic rings. The third kappa shape index (κ3) is 3.02. The highest BCUT2D eigenvalue weighted by Crippen LogP contribution is 2.44. The van der Waals surface area contributed by atoms with Crippen LogP contribution in [-0.2, 0) is 6.54 Å². The molecule has 2 aromatic rings. The number of hydrogen-bond donors (Lipinski definition) is 2. The Balaban J connectivity index is 1.53. The maximum absolute atomic E-state index is 12.1. The maximum atomic E-state index is 12.1. The molecule has 0 atom stereocenters. The van der Waals surface area contributed by atoms with E-state index in [2.05, 4.69) is 42.3 Å². The molecule has 128 valence electrons. The molecule has 1 aromatic heterocycles. The first-order valence-corrected chi connectivity index (χ1v) is 9.30. The van der Waals surface area contributed by atoms with E-state index in [1.165, 1.54) is 34.9 Å². The molecule has 24 heavy (non-hydrogen) atoms. The molecule has 0 unspecified atom stereocenters. The van der Waals surface area contributed by atoms with E-state index in [0.717, 1.165) is 37.5 Å². The molecule has 4 rings (SSSR count). The lowest BCUT2D eigenvalue weighted by Crippen LogP contribution is -2.37. The summed E-state index contributed by atoms with van der Waals surface area (Å²) < 4.78 is 0. The monoisotopic (exact) mass is 325 g/mol. The minimum Gasteiger partial charge on any atom is -0.357 e. The lowest BCUT2D eigenvalue weighted by molar-refractivity contribution is 0.208. The van der Waals surface area contributed by atoms with Crippen molar-refractivity contribution in [2.75, 3.05) is 13.1 Å². The molecule has 1 saturated heterocycles. The standard InChI is InChI=1S/C20H27N3O/c1-13(2)17-11-19-15(10-18(17)14-5-6-14)9-16(22-19)12-21-20(24)23-7-3-4-8-23/h9-11,13-14,22H,3-8,12H2,1-2H3,(H,21,24). The van der Waals surface area contributed by atoms with Crippen molar-refractivity contribution in [3.63, 3.8) is 0 Å². The van der Waals surface area contributed by atoms with Crippen LogP contribution >= 0.6 is 0 Å². The fraction of sp³-hybridized carbons (Fsp3) is 0.550. The van der Waals surface area contributed by atoms with Gasteiger partial charge in [0.05, 0.1) is 6.54 Å². The minimum absolute atomic E-state index is 0.0627. The molecule has 2 fully saturated rings. The number of aromatic nitrogens is 1. The number of H-pyrrole nitrogens is 1. The average molecular weight is 325 g/mol. The van der Waals surface area contributed by atoms with E-state index in [1.807, 2.05) is 4.90 Å². The van der Waals surface area contributed by atoms with Crippen molar-refractivity contribution in [3.8, 4) is 0 Å². The van der Waals surface area contributed by atoms with Crippen LogP contribution < -0.4 is 5.32 Å². The van der Waals surface area contributed by atoms with Crippen LogP contribution in [0.5, 0.6) is 0 Å². The fourth-order valence-electron chi connectivity index (χ4n) is 3.82. The third-order valence-corrected chi connectivity index (χ3v) is 5.34. The molecule has 1 aromatic carbocycles. The summed E-state index contributed by atoms with van der Waals surface area (Å²) in [6.07, 6.45) is 4.91. The molecule has 1 saturated carbocycles. The summed E-state index contributed by atoms with van der Waals surface area (Å²) in [5.74, 6) is 1.31. The van der Waals surface area contributed by atoms with Crippen molar-refractivity contribution < 1.29 is 4.79 Å². The van der Waals surface area contributed by atoms with Gasteiger partial charge in [0.15, 0.2) is 0 Å². The van der Waals surface area contributed by atoms with Crippen molar-refractivity contribution in [3.05, 3.63) is 35.0 Å². The van der Waals surface area contributed by atoms with Crippen LogP contribution in [0.25, 0.3) is 10.9 Å². The van der Waals surface area contributed by atoms with Gasteiger partial charge in [-0.2, -0.15) is 0 Å². The molecule has 2 N–H and O–H groups in total. The van der Waals surface area contributed by atoms with Gasteiger partial charge in [-0.15, -0.1) is 0 Å². The largest absolute Gasteiger partial charge is 0.357 e. The Hall–Kier alpha value is -1.97. The third-order valence-electron chi connectivity index (χ3n) is 5.34. The molecule has 2 amide bonds. The lowest BCUT2D eigenvalue weighted by Gasteiger charge is -2.15. The number of carbonyl (C=O) groups excluding carboxylic acids is 1. The summed E-state index contributed by atoms with van der Waals surface area (Å²) in [6.45, 7) is 6.89. The van der Waals surface area contributed by atoms with E-state index in [-0.39, 0.29) is 6.03 Å². The summed E-state index contributed by atoms with van der Waals surface area (Å²) in [5, 5.41) is 4.31. The van der Waals surface area contributed by atoms with Crippen LogP contribution in [0.15, 0.2) is 18.2 Å². The van der Waals surface area contributed by atoms with Gasteiger partial charge in [-0.1, -0.05) is 13.8 Å². The summed E-state index contributed by atoms with van der Waals surface area (Å²) in [6, 6.07) is 6.94. The van der Waals surface area contributed by atoms with Gasteiger partial charge < -0.3 is 15.2 Å². The SMILES string of the molecule is CC(C)c1cc2[nH]c(CNC(=O)N3CCCC3)cc2cc1C1CC1. The van der Waals surface area contributed by atoms with Crippen molar-refractivity contribution >= 4 is 16.9 Å². The predicted molar refractivity (Wildman–Crippen MR) is 97.4 cm³/mol. The second kappa shape index (κ2) is 6.15. The van der Waals surface area contributed by atoms with Crippen LogP contribution in [0.3, 0.4) is 0 Å². The van der Waals surface area contributed by atoms with E-state index in [4.69, 9.17) is 0 Å². The zero-order chi connectivity index (χ0) is 16.7. The second-order valence-electron chi connectivity index (χ2n) is 7.64. The van der Waals surface area contributed by atoms with Gasteiger partial charge in [-0.3, -0.25) is 0 Å². The number of benzene rings is 1. The summed E-state index contributed by atoms with van der Waals surface area (Å²) in [5.41, 5.74) is 5.28. The first kappa shape index (κ1) is 15.6. The number of carbonyl (C=O) groups is 1. The number of aromatic amines is 1. The smallest absolute Gasteiger partial charge is 0.317 e. The molecular weight excluding hydrogens is 298 g/mol. The summed E-state index contributed by atoms with van der Waals surface area (Å²) in [7, 11) is 0. The normalized spacial score (nSPS) is 17.9. The Morgan fingerprint density at radius 3 is 2.67 bits per heavy atom. The van der Waals surface area contributed by atoms with Gasteiger partial charge in [0.25, 0.3) is 0 Å². The van der Waals surface area contributed by atoms with Crippen molar-refractivity contribution in [1.82, 2.24) is 15.2 Å². The highest BCUT2D eigenvalue weighted by atomic mass is 16.2. The number of hydrogen-bond acceptors (Lipinski definition) is 1. The second-order valence-corrected chi connectivity index (χ2v) is 7.64. The molecule has 1 aliphatic heterocycles. The summed E-state index contributed by atoms with van der Waals surface area (Å²) >= 11 is 0. The van der Waals surface area contributed by atoms with Crippen LogP contribution in [0, 0.1) is 0 Å². The molecule has 0 radical (unpaired) electrons. The van der Waals surface area contributed by atoms with E-state index < -0.39 is 0 Å². The van der Waals surface area contributed by atoms with Gasteiger partial charge in [-0.05, 0) is 66.8 Å². The first-order chi connectivity index (χ1) is 11.6. The topological polar surface area (TPSA) is 48.1 Å². The van der Waals surface area contributed by atoms with E-state index in [9.17, 15) is 4.79 Å². The number of nitrogens with one attached hydrogen (secondary N) is 2. The van der Waals surface area contributed by atoms with Crippen molar-refractivity contribution in [1.29, 1.82) is 0 Å². The number of rotatable bonds is 4. The zero-order valence-corrected chi connectivity index (χ0v) is 14.7. The Bertz CT molecular complexity index is 713. The van der Waals surface area contributed by atoms with Crippen LogP contribution in [0.1, 0.15) is 68.2 Å². The fourth-order valence-corrected chi connectivity index (χ4v) is 3.82. The van der Waals surface area contributed by atoms with Crippen LogP contribution in [0.4, 0.5) is 4.79 Å². The predicted octanol–water partition coefficient (Wildman–Crippen LogP) is 4.47. The maximum Gasteiger partial charge on any atom is 0.317 e. The molecule has 1 aliphatic carbocycles. The average Bonchev–Trinajstić information content (AvgIpc) is 3.11. The zero-order valence-electron chi connectivity index (χ0n) is 14.7. The number of likely N-dealkylation sites (tertiary alicyclic amines) is 1. The molecule has 4 heteroatoms. The number of amides is 2. The van der Waals surface area contributed by atoms with Crippen LogP contribution in [-0.4, -0.2) is 29.0 Å². The molecule has 0 spiro atoms. The van der Waals surface area contributed by atoms with Crippen molar-refractivity contribution in [2.24, 2.45) is 0 Å². The molecule has 0 bridgehead atoms. The molecular formula is C20H27N3O. The first-order valence-electron chi connectivity index (χ1n) is 9.30. The highest BCUT2D eigenvalue weighted by Gasteiger charge is 2.27.